The van der Waals surface area contributed by atoms with Gasteiger partial charge in [-0.1, -0.05) is 29.8 Å². The van der Waals surface area contributed by atoms with Crippen molar-refractivity contribution in [3.05, 3.63) is 42.0 Å². The first-order chi connectivity index (χ1) is 8.60. The standard InChI is InChI=1S/C15H20N2O/c1-11-3-4-13-8-15(6-5-12(13)7-11)17(2)9-14(16)10-18/h3-8,14,18H,9-10,16H2,1-2H3. The van der Waals surface area contributed by atoms with Crippen molar-refractivity contribution < 1.29 is 5.11 Å². The largest absolute Gasteiger partial charge is 0.395 e. The summed E-state index contributed by atoms with van der Waals surface area (Å²) in [7, 11) is 1.99. The minimum Gasteiger partial charge on any atom is -0.395 e. The maximum absolute atomic E-state index is 8.98. The molecule has 0 saturated heterocycles. The van der Waals surface area contributed by atoms with Crippen molar-refractivity contribution in [1.29, 1.82) is 0 Å². The van der Waals surface area contributed by atoms with Gasteiger partial charge in [0.15, 0.2) is 0 Å². The number of hydrogen-bond acceptors (Lipinski definition) is 3. The average Bonchev–Trinajstić information content (AvgIpc) is 2.37. The van der Waals surface area contributed by atoms with Crippen LogP contribution in [0.1, 0.15) is 5.56 Å². The molecular weight excluding hydrogens is 224 g/mol. The first-order valence-corrected chi connectivity index (χ1v) is 6.18. The molecule has 0 fully saturated rings. The van der Waals surface area contributed by atoms with Crippen molar-refractivity contribution in [2.45, 2.75) is 13.0 Å². The molecule has 0 aromatic heterocycles. The number of nitrogens with two attached hydrogens (primary N) is 1. The Bertz CT molecular complexity index is 539. The molecule has 96 valence electrons. The van der Waals surface area contributed by atoms with Crippen molar-refractivity contribution in [3.8, 4) is 0 Å². The number of likely N-dealkylation sites (N-methyl/N-ethyl adjacent to an activating group) is 1. The summed E-state index contributed by atoms with van der Waals surface area (Å²) in [6.07, 6.45) is 0. The zero-order valence-corrected chi connectivity index (χ0v) is 10.9. The number of anilines is 1. The molecule has 1 unspecified atom stereocenters. The lowest BCUT2D eigenvalue weighted by Crippen LogP contribution is -2.37. The molecule has 3 nitrogen and oxygen atoms in total. The fraction of sp³-hybridized carbons (Fsp3) is 0.333. The van der Waals surface area contributed by atoms with Crippen LogP contribution in [0.4, 0.5) is 5.69 Å². The number of fused-ring (bicyclic) bond motifs is 1. The fourth-order valence-corrected chi connectivity index (χ4v) is 2.10. The van der Waals surface area contributed by atoms with Gasteiger partial charge in [-0.05, 0) is 29.8 Å². The Morgan fingerprint density at radius 1 is 1.17 bits per heavy atom. The van der Waals surface area contributed by atoms with Crippen LogP contribution in [-0.2, 0) is 0 Å². The lowest BCUT2D eigenvalue weighted by atomic mass is 10.1. The predicted molar refractivity (Wildman–Crippen MR) is 77.0 cm³/mol. The number of aliphatic hydroxyl groups excluding tert-OH is 1. The van der Waals surface area contributed by atoms with Crippen LogP contribution in [-0.4, -0.2) is 31.3 Å². The minimum absolute atomic E-state index is 0.0110. The van der Waals surface area contributed by atoms with Crippen molar-refractivity contribution in [3.63, 3.8) is 0 Å². The zero-order chi connectivity index (χ0) is 13.1. The van der Waals surface area contributed by atoms with Gasteiger partial charge in [0.25, 0.3) is 0 Å². The van der Waals surface area contributed by atoms with Crippen LogP contribution in [0.25, 0.3) is 10.8 Å². The number of aliphatic hydroxyl groups is 1. The van der Waals surface area contributed by atoms with Crippen LogP contribution in [0.15, 0.2) is 36.4 Å². The predicted octanol–water partition coefficient (Wildman–Crippen LogP) is 1.90. The van der Waals surface area contributed by atoms with E-state index in [1.165, 1.54) is 16.3 Å². The van der Waals surface area contributed by atoms with E-state index < -0.39 is 0 Å². The van der Waals surface area contributed by atoms with E-state index in [1.807, 2.05) is 7.05 Å². The summed E-state index contributed by atoms with van der Waals surface area (Å²) in [4.78, 5) is 2.07. The first kappa shape index (κ1) is 12.9. The summed E-state index contributed by atoms with van der Waals surface area (Å²) in [5.41, 5.74) is 8.14. The first-order valence-electron chi connectivity index (χ1n) is 6.18. The van der Waals surface area contributed by atoms with Crippen LogP contribution in [0.2, 0.25) is 0 Å². The Morgan fingerprint density at radius 2 is 1.83 bits per heavy atom. The van der Waals surface area contributed by atoms with Gasteiger partial charge in [0.05, 0.1) is 6.61 Å². The van der Waals surface area contributed by atoms with Crippen LogP contribution in [0.3, 0.4) is 0 Å². The van der Waals surface area contributed by atoms with Gasteiger partial charge < -0.3 is 15.7 Å². The van der Waals surface area contributed by atoms with Gasteiger partial charge >= 0.3 is 0 Å². The Labute approximate surface area is 108 Å². The maximum atomic E-state index is 8.98. The van der Waals surface area contributed by atoms with E-state index in [1.54, 1.807) is 0 Å². The fourth-order valence-electron chi connectivity index (χ4n) is 2.10. The molecule has 0 aliphatic rings. The van der Waals surface area contributed by atoms with Gasteiger partial charge in [-0.2, -0.15) is 0 Å². The smallest absolute Gasteiger partial charge is 0.0599 e. The molecule has 1 atom stereocenters. The van der Waals surface area contributed by atoms with Gasteiger partial charge in [0.1, 0.15) is 0 Å². The molecule has 3 heteroatoms. The zero-order valence-electron chi connectivity index (χ0n) is 10.9. The van der Waals surface area contributed by atoms with Crippen LogP contribution < -0.4 is 10.6 Å². The molecule has 2 rings (SSSR count). The van der Waals surface area contributed by atoms with Crippen molar-refractivity contribution in [2.24, 2.45) is 5.73 Å². The number of benzene rings is 2. The highest BCUT2D eigenvalue weighted by Crippen LogP contribution is 2.22. The summed E-state index contributed by atoms with van der Waals surface area (Å²) in [6, 6.07) is 12.6. The molecule has 0 saturated carbocycles. The summed E-state index contributed by atoms with van der Waals surface area (Å²) >= 11 is 0. The second-order valence-electron chi connectivity index (χ2n) is 4.86. The highest BCUT2D eigenvalue weighted by molar-refractivity contribution is 5.86. The Balaban J connectivity index is 2.26. The number of aryl methyl sites for hydroxylation is 1. The minimum atomic E-state index is -0.205. The van der Waals surface area contributed by atoms with E-state index in [4.69, 9.17) is 10.8 Å². The average molecular weight is 244 g/mol. The van der Waals surface area contributed by atoms with Crippen molar-refractivity contribution in [2.75, 3.05) is 25.1 Å². The molecule has 18 heavy (non-hydrogen) atoms. The second-order valence-corrected chi connectivity index (χ2v) is 4.86. The molecule has 0 spiro atoms. The van der Waals surface area contributed by atoms with Crippen LogP contribution >= 0.6 is 0 Å². The van der Waals surface area contributed by atoms with E-state index in [0.29, 0.717) is 6.54 Å². The Hall–Kier alpha value is -1.58. The molecule has 0 amide bonds. The summed E-state index contributed by atoms with van der Waals surface area (Å²) in [6.45, 7) is 2.75. The number of hydrogen-bond donors (Lipinski definition) is 2. The van der Waals surface area contributed by atoms with Gasteiger partial charge in [0, 0.05) is 25.3 Å². The monoisotopic (exact) mass is 244 g/mol. The van der Waals surface area contributed by atoms with E-state index in [0.717, 1.165) is 5.69 Å². The Morgan fingerprint density at radius 3 is 2.56 bits per heavy atom. The van der Waals surface area contributed by atoms with E-state index in [-0.39, 0.29) is 12.6 Å². The van der Waals surface area contributed by atoms with Gasteiger partial charge in [-0.25, -0.2) is 0 Å². The topological polar surface area (TPSA) is 49.5 Å². The molecule has 2 aromatic carbocycles. The lowest BCUT2D eigenvalue weighted by Gasteiger charge is -2.22. The molecule has 0 bridgehead atoms. The number of nitrogens with zero attached hydrogens (tertiary/aromatic N) is 1. The van der Waals surface area contributed by atoms with Gasteiger partial charge in [-0.3, -0.25) is 0 Å². The third-order valence-electron chi connectivity index (χ3n) is 3.16. The molecule has 0 aliphatic heterocycles. The SMILES string of the molecule is Cc1ccc2cc(N(C)CC(N)CO)ccc2c1. The van der Waals surface area contributed by atoms with E-state index in [2.05, 4.69) is 48.2 Å². The molecule has 0 radical (unpaired) electrons. The van der Waals surface area contributed by atoms with Crippen LogP contribution in [0, 0.1) is 6.92 Å². The summed E-state index contributed by atoms with van der Waals surface area (Å²) < 4.78 is 0. The van der Waals surface area contributed by atoms with Crippen LogP contribution in [0.5, 0.6) is 0 Å². The third kappa shape index (κ3) is 2.81. The molecule has 0 aliphatic carbocycles. The van der Waals surface area contributed by atoms with Gasteiger partial charge in [-0.15, -0.1) is 0 Å². The molecule has 2 aromatic rings. The number of rotatable bonds is 4. The third-order valence-corrected chi connectivity index (χ3v) is 3.16. The molecule has 0 heterocycles. The highest BCUT2D eigenvalue weighted by Gasteiger charge is 2.07. The summed E-state index contributed by atoms with van der Waals surface area (Å²) in [5.74, 6) is 0. The quantitative estimate of drug-likeness (QED) is 0.863. The van der Waals surface area contributed by atoms with E-state index >= 15 is 0 Å². The lowest BCUT2D eigenvalue weighted by molar-refractivity contribution is 0.267. The maximum Gasteiger partial charge on any atom is 0.0599 e. The van der Waals surface area contributed by atoms with Crippen molar-refractivity contribution in [1.82, 2.24) is 0 Å². The van der Waals surface area contributed by atoms with E-state index in [9.17, 15) is 0 Å². The van der Waals surface area contributed by atoms with Gasteiger partial charge in [0.2, 0.25) is 0 Å². The highest BCUT2D eigenvalue weighted by atomic mass is 16.3. The molecular formula is C15H20N2O. The normalized spacial score (nSPS) is 12.7. The summed E-state index contributed by atoms with van der Waals surface area (Å²) in [5, 5.41) is 11.5. The molecule has 3 N–H and O–H groups in total. The second kappa shape index (κ2) is 5.38. The Kier molecular flexibility index (Phi) is 3.84. The van der Waals surface area contributed by atoms with Crippen molar-refractivity contribution >= 4 is 16.5 Å².